The molecular weight excluding hydrogens is 480 g/mol. The zero-order valence-electron chi connectivity index (χ0n) is 25.0. The Morgan fingerprint density at radius 1 is 0.897 bits per heavy atom. The molecule has 39 heavy (non-hydrogen) atoms. The van der Waals surface area contributed by atoms with Crippen LogP contribution in [0.25, 0.3) is 0 Å². The van der Waals surface area contributed by atoms with E-state index in [-0.39, 0.29) is 11.4 Å². The normalized spacial score (nSPS) is 25.9. The number of rotatable bonds is 16. The highest BCUT2D eigenvalue weighted by molar-refractivity contribution is 5.87. The van der Waals surface area contributed by atoms with Crippen molar-refractivity contribution >= 4 is 11.8 Å². The molecule has 4 atom stereocenters. The van der Waals surface area contributed by atoms with Gasteiger partial charge in [-0.25, -0.2) is 0 Å². The van der Waals surface area contributed by atoms with E-state index in [0.29, 0.717) is 35.7 Å². The lowest BCUT2D eigenvalue weighted by Gasteiger charge is -2.48. The van der Waals surface area contributed by atoms with Crippen molar-refractivity contribution in [2.45, 2.75) is 148 Å². The fourth-order valence-electron chi connectivity index (χ4n) is 7.92. The van der Waals surface area contributed by atoms with Crippen molar-refractivity contribution in [2.24, 2.45) is 17.3 Å². The molecule has 4 rings (SSSR count). The van der Waals surface area contributed by atoms with Gasteiger partial charge in [-0.3, -0.25) is 9.59 Å². The van der Waals surface area contributed by atoms with Crippen LogP contribution in [0, 0.1) is 17.3 Å². The van der Waals surface area contributed by atoms with Crippen LogP contribution in [0.2, 0.25) is 0 Å². The summed E-state index contributed by atoms with van der Waals surface area (Å²) in [5, 5.41) is 0. The van der Waals surface area contributed by atoms with Crippen LogP contribution < -0.4 is 4.74 Å². The van der Waals surface area contributed by atoms with E-state index < -0.39 is 0 Å². The van der Waals surface area contributed by atoms with E-state index in [0.717, 1.165) is 51.4 Å². The number of fused-ring (bicyclic) bond motifs is 5. The minimum atomic E-state index is -0.0980. The first kappa shape index (κ1) is 30.1. The number of hydrogen-bond donors (Lipinski definition) is 0. The first-order valence-electron chi connectivity index (χ1n) is 16.5. The third-order valence-corrected chi connectivity index (χ3v) is 10.3. The van der Waals surface area contributed by atoms with E-state index in [1.54, 1.807) is 0 Å². The Kier molecular flexibility index (Phi) is 11.7. The average Bonchev–Trinajstić information content (AvgIpc) is 3.24. The summed E-state index contributed by atoms with van der Waals surface area (Å²) < 4.78 is 5.74. The van der Waals surface area contributed by atoms with Crippen LogP contribution >= 0.6 is 0 Å². The molecule has 2 saturated carbocycles. The highest BCUT2D eigenvalue weighted by Gasteiger charge is 2.54. The van der Waals surface area contributed by atoms with E-state index in [9.17, 15) is 9.59 Å². The standard InChI is InChI=1S/C36H54O3/c1-3-4-5-6-7-8-9-10-11-12-13-14-15-16-17-18-35(38)39-29-20-22-30-28(27-29)19-21-32-31(30)25-26-36(2)33(32)23-24-34(36)37/h10-11,20,22,27,31-33H,3-9,12-19,21,23-26H2,1-2H3/b11-10-. The number of ketones is 1. The highest BCUT2D eigenvalue weighted by atomic mass is 16.5. The molecule has 0 aliphatic heterocycles. The molecule has 1 aromatic rings. The molecule has 3 aliphatic rings. The molecule has 0 saturated heterocycles. The number of carbonyl (C=O) groups excluding carboxylic acids is 2. The fraction of sp³-hybridized carbons (Fsp3) is 0.722. The van der Waals surface area contributed by atoms with Gasteiger partial charge in [-0.2, -0.15) is 0 Å². The molecule has 0 bridgehead atoms. The summed E-state index contributed by atoms with van der Waals surface area (Å²) in [6.07, 6.45) is 27.8. The van der Waals surface area contributed by atoms with Gasteiger partial charge in [0, 0.05) is 18.3 Å². The number of aryl methyl sites for hydroxylation is 1. The van der Waals surface area contributed by atoms with Crippen molar-refractivity contribution in [3.63, 3.8) is 0 Å². The third-order valence-electron chi connectivity index (χ3n) is 10.3. The van der Waals surface area contributed by atoms with Gasteiger partial charge in [0.2, 0.25) is 0 Å². The lowest BCUT2D eigenvalue weighted by molar-refractivity contribution is -0.134. The van der Waals surface area contributed by atoms with E-state index in [2.05, 4.69) is 38.1 Å². The zero-order valence-corrected chi connectivity index (χ0v) is 25.0. The number of carbonyl (C=O) groups is 2. The molecule has 0 amide bonds. The number of hydrogen-bond acceptors (Lipinski definition) is 3. The van der Waals surface area contributed by atoms with Crippen molar-refractivity contribution < 1.29 is 14.3 Å². The molecule has 3 heteroatoms. The Labute approximate surface area is 238 Å². The molecule has 0 heterocycles. The SMILES string of the molecule is CCCCCCCC/C=C\CCCCCCCC(=O)Oc1ccc2c(c1)CCC1C2CCC2(C)C(=O)CCC12. The minimum Gasteiger partial charge on any atom is -0.427 e. The van der Waals surface area contributed by atoms with Crippen molar-refractivity contribution in [3.8, 4) is 5.75 Å². The molecule has 3 aliphatic carbocycles. The molecule has 1 aromatic carbocycles. The summed E-state index contributed by atoms with van der Waals surface area (Å²) in [7, 11) is 0. The van der Waals surface area contributed by atoms with E-state index >= 15 is 0 Å². The molecular formula is C36H54O3. The Hall–Kier alpha value is -1.90. The molecule has 0 N–H and O–H groups in total. The average molecular weight is 535 g/mol. The molecule has 0 spiro atoms. The van der Waals surface area contributed by atoms with Gasteiger partial charge in [-0.15, -0.1) is 0 Å². The zero-order chi connectivity index (χ0) is 27.5. The number of ether oxygens (including phenoxy) is 1. The van der Waals surface area contributed by atoms with E-state index in [1.165, 1.54) is 81.8 Å². The number of benzene rings is 1. The lowest BCUT2D eigenvalue weighted by Crippen LogP contribution is -2.42. The summed E-state index contributed by atoms with van der Waals surface area (Å²) >= 11 is 0. The monoisotopic (exact) mass is 534 g/mol. The van der Waals surface area contributed by atoms with Gasteiger partial charge in [-0.05, 0) is 105 Å². The van der Waals surface area contributed by atoms with Crippen LogP contribution in [0.5, 0.6) is 5.75 Å². The van der Waals surface area contributed by atoms with Crippen LogP contribution in [0.4, 0.5) is 0 Å². The second kappa shape index (κ2) is 15.2. The Morgan fingerprint density at radius 3 is 2.33 bits per heavy atom. The summed E-state index contributed by atoms with van der Waals surface area (Å²) in [4.78, 5) is 25.0. The van der Waals surface area contributed by atoms with Crippen molar-refractivity contribution in [1.29, 1.82) is 0 Å². The Balaban J connectivity index is 1.08. The molecule has 0 radical (unpaired) electrons. The summed E-state index contributed by atoms with van der Waals surface area (Å²) in [5.41, 5.74) is 2.73. The maximum Gasteiger partial charge on any atom is 0.311 e. The quantitative estimate of drug-likeness (QED) is 0.0917. The smallest absolute Gasteiger partial charge is 0.311 e. The van der Waals surface area contributed by atoms with Crippen LogP contribution in [-0.4, -0.2) is 11.8 Å². The molecule has 2 fully saturated rings. The predicted molar refractivity (Wildman–Crippen MR) is 161 cm³/mol. The number of allylic oxidation sites excluding steroid dienone is 2. The summed E-state index contributed by atoms with van der Waals surface area (Å²) in [6, 6.07) is 6.35. The van der Waals surface area contributed by atoms with Gasteiger partial charge in [0.05, 0.1) is 0 Å². The lowest BCUT2D eigenvalue weighted by atomic mass is 9.55. The molecule has 3 nitrogen and oxygen atoms in total. The van der Waals surface area contributed by atoms with Crippen LogP contribution in [-0.2, 0) is 16.0 Å². The maximum absolute atomic E-state index is 12.6. The maximum atomic E-state index is 12.6. The van der Waals surface area contributed by atoms with E-state index in [1.807, 2.05) is 6.07 Å². The Morgan fingerprint density at radius 2 is 1.59 bits per heavy atom. The minimum absolute atomic E-state index is 0.0713. The highest BCUT2D eigenvalue weighted by Crippen LogP contribution is 2.59. The Bertz CT molecular complexity index is 962. The van der Waals surface area contributed by atoms with Gasteiger partial charge in [0.25, 0.3) is 0 Å². The van der Waals surface area contributed by atoms with E-state index in [4.69, 9.17) is 4.74 Å². The number of Topliss-reactive ketones (excluding diaryl/α,β-unsaturated/α-hetero) is 1. The summed E-state index contributed by atoms with van der Waals surface area (Å²) in [6.45, 7) is 4.50. The number of esters is 1. The summed E-state index contributed by atoms with van der Waals surface area (Å²) in [5.74, 6) is 2.88. The topological polar surface area (TPSA) is 43.4 Å². The van der Waals surface area contributed by atoms with Crippen LogP contribution in [0.15, 0.2) is 30.4 Å². The second-order valence-corrected chi connectivity index (χ2v) is 13.0. The second-order valence-electron chi connectivity index (χ2n) is 13.0. The van der Waals surface area contributed by atoms with Gasteiger partial charge >= 0.3 is 5.97 Å². The van der Waals surface area contributed by atoms with Gasteiger partial charge in [0.15, 0.2) is 0 Å². The third kappa shape index (κ3) is 8.08. The predicted octanol–water partition coefficient (Wildman–Crippen LogP) is 10.1. The van der Waals surface area contributed by atoms with Crippen molar-refractivity contribution in [2.75, 3.05) is 0 Å². The van der Waals surface area contributed by atoms with Gasteiger partial charge < -0.3 is 4.74 Å². The molecule has 216 valence electrons. The van der Waals surface area contributed by atoms with Crippen LogP contribution in [0.1, 0.15) is 153 Å². The van der Waals surface area contributed by atoms with Crippen molar-refractivity contribution in [3.05, 3.63) is 41.5 Å². The molecule has 0 aromatic heterocycles. The van der Waals surface area contributed by atoms with Gasteiger partial charge in [-0.1, -0.05) is 83.4 Å². The number of unbranched alkanes of at least 4 members (excludes halogenated alkanes) is 11. The first-order valence-corrected chi connectivity index (χ1v) is 16.5. The fourth-order valence-corrected chi connectivity index (χ4v) is 7.92. The first-order chi connectivity index (χ1) is 19.0. The van der Waals surface area contributed by atoms with Gasteiger partial charge in [0.1, 0.15) is 11.5 Å². The van der Waals surface area contributed by atoms with Crippen LogP contribution in [0.3, 0.4) is 0 Å². The molecule has 4 unspecified atom stereocenters. The van der Waals surface area contributed by atoms with Crippen molar-refractivity contribution in [1.82, 2.24) is 0 Å². The largest absolute Gasteiger partial charge is 0.427 e.